The van der Waals surface area contributed by atoms with E-state index in [-0.39, 0.29) is 18.5 Å². The van der Waals surface area contributed by atoms with Gasteiger partial charge >= 0.3 is 5.97 Å². The van der Waals surface area contributed by atoms with Gasteiger partial charge in [0.1, 0.15) is 5.82 Å². The normalized spacial score (nSPS) is 9.67. The Bertz CT molecular complexity index is 379. The Morgan fingerprint density at radius 3 is 2.73 bits per heavy atom. The van der Waals surface area contributed by atoms with Gasteiger partial charge in [-0.15, -0.1) is 0 Å². The van der Waals surface area contributed by atoms with Gasteiger partial charge in [-0.2, -0.15) is 0 Å². The van der Waals surface area contributed by atoms with Gasteiger partial charge in [0.2, 0.25) is 0 Å². The smallest absolute Gasteiger partial charge is 0.305 e. The molecule has 0 unspecified atom stereocenters. The molecule has 5 heteroatoms. The molecule has 0 bridgehead atoms. The number of benzene rings is 1. The number of carbonyl (C=O) groups is 2. The second-order valence-corrected chi connectivity index (χ2v) is 2.91. The topological polar surface area (TPSA) is 66.4 Å². The van der Waals surface area contributed by atoms with Gasteiger partial charge in [0, 0.05) is 12.1 Å². The van der Waals surface area contributed by atoms with Crippen LogP contribution in [0, 0.1) is 5.82 Å². The van der Waals surface area contributed by atoms with E-state index in [0.717, 1.165) is 6.07 Å². The lowest BCUT2D eigenvalue weighted by molar-refractivity contribution is -0.136. The zero-order chi connectivity index (χ0) is 11.3. The summed E-state index contributed by atoms with van der Waals surface area (Å²) in [4.78, 5) is 21.5. The van der Waals surface area contributed by atoms with Gasteiger partial charge in [-0.3, -0.25) is 9.59 Å². The van der Waals surface area contributed by atoms with Crippen molar-refractivity contribution in [1.82, 2.24) is 5.32 Å². The van der Waals surface area contributed by atoms with E-state index in [2.05, 4.69) is 5.32 Å². The number of carbonyl (C=O) groups excluding carboxylic acids is 1. The molecule has 0 saturated heterocycles. The molecule has 1 amide bonds. The SMILES string of the molecule is O=C(O)CCNC(=O)c1cccc(F)c1. The molecule has 15 heavy (non-hydrogen) atoms. The highest BCUT2D eigenvalue weighted by atomic mass is 19.1. The summed E-state index contributed by atoms with van der Waals surface area (Å²) in [6.45, 7) is 0.0324. The van der Waals surface area contributed by atoms with Gasteiger partial charge in [0.25, 0.3) is 5.91 Å². The molecule has 1 rings (SSSR count). The highest BCUT2D eigenvalue weighted by Gasteiger charge is 2.06. The Hall–Kier alpha value is -1.91. The highest BCUT2D eigenvalue weighted by Crippen LogP contribution is 2.02. The number of amides is 1. The second kappa shape index (κ2) is 5.09. The first-order valence-electron chi connectivity index (χ1n) is 4.35. The molecule has 0 fully saturated rings. The molecule has 0 heterocycles. The van der Waals surface area contributed by atoms with Crippen LogP contribution in [0.5, 0.6) is 0 Å². The van der Waals surface area contributed by atoms with Crippen LogP contribution < -0.4 is 5.32 Å². The van der Waals surface area contributed by atoms with Crippen molar-refractivity contribution in [2.75, 3.05) is 6.54 Å². The maximum Gasteiger partial charge on any atom is 0.305 e. The first kappa shape index (κ1) is 11.2. The maximum atomic E-state index is 12.7. The molecule has 1 aromatic rings. The van der Waals surface area contributed by atoms with E-state index in [1.807, 2.05) is 0 Å². The van der Waals surface area contributed by atoms with Crippen LogP contribution in [0.3, 0.4) is 0 Å². The Morgan fingerprint density at radius 2 is 2.13 bits per heavy atom. The second-order valence-electron chi connectivity index (χ2n) is 2.91. The number of carboxylic acid groups (broad SMARTS) is 1. The summed E-state index contributed by atoms with van der Waals surface area (Å²) in [5.41, 5.74) is 0.181. The third-order valence-electron chi connectivity index (χ3n) is 1.71. The Labute approximate surface area is 85.7 Å². The lowest BCUT2D eigenvalue weighted by Crippen LogP contribution is -2.25. The summed E-state index contributed by atoms with van der Waals surface area (Å²) in [5.74, 6) is -1.97. The minimum atomic E-state index is -0.991. The van der Waals surface area contributed by atoms with Crippen molar-refractivity contribution in [2.24, 2.45) is 0 Å². The highest BCUT2D eigenvalue weighted by molar-refractivity contribution is 5.94. The minimum Gasteiger partial charge on any atom is -0.481 e. The summed E-state index contributed by atoms with van der Waals surface area (Å²) >= 11 is 0. The first-order valence-corrected chi connectivity index (χ1v) is 4.35. The molecule has 1 aromatic carbocycles. The molecule has 0 spiro atoms. The lowest BCUT2D eigenvalue weighted by atomic mass is 10.2. The molecule has 80 valence electrons. The molecule has 0 aliphatic rings. The van der Waals surface area contributed by atoms with E-state index in [9.17, 15) is 14.0 Å². The van der Waals surface area contributed by atoms with Crippen LogP contribution in [0.25, 0.3) is 0 Å². The summed E-state index contributed by atoms with van der Waals surface area (Å²) in [6.07, 6.45) is -0.152. The van der Waals surface area contributed by atoms with E-state index in [1.54, 1.807) is 0 Å². The molecule has 0 atom stereocenters. The van der Waals surface area contributed by atoms with Gasteiger partial charge < -0.3 is 10.4 Å². The molecule has 0 aromatic heterocycles. The van der Waals surface area contributed by atoms with Gasteiger partial charge in [-0.1, -0.05) is 6.07 Å². The minimum absolute atomic E-state index is 0.0324. The first-order chi connectivity index (χ1) is 7.09. The Balaban J connectivity index is 2.50. The standard InChI is InChI=1S/C10H10FNO3/c11-8-3-1-2-7(6-8)10(15)12-5-4-9(13)14/h1-3,6H,4-5H2,(H,12,15)(H,13,14). The number of aliphatic carboxylic acids is 1. The molecular formula is C10H10FNO3. The van der Waals surface area contributed by atoms with Crippen molar-refractivity contribution in [3.05, 3.63) is 35.6 Å². The zero-order valence-electron chi connectivity index (χ0n) is 7.87. The molecule has 4 nitrogen and oxygen atoms in total. The third kappa shape index (κ3) is 3.76. The number of nitrogens with one attached hydrogen (secondary N) is 1. The predicted octanol–water partition coefficient (Wildman–Crippen LogP) is 1.03. The van der Waals surface area contributed by atoms with Crippen LogP contribution in [-0.4, -0.2) is 23.5 Å². The van der Waals surface area contributed by atoms with Crippen LogP contribution >= 0.6 is 0 Å². The largest absolute Gasteiger partial charge is 0.481 e. The summed E-state index contributed by atoms with van der Waals surface area (Å²) in [5, 5.41) is 10.7. The van der Waals surface area contributed by atoms with Crippen molar-refractivity contribution in [3.8, 4) is 0 Å². The molecule has 2 N–H and O–H groups in total. The number of hydrogen-bond acceptors (Lipinski definition) is 2. The van der Waals surface area contributed by atoms with Crippen LogP contribution in [-0.2, 0) is 4.79 Å². The quantitative estimate of drug-likeness (QED) is 0.781. The molecular weight excluding hydrogens is 201 g/mol. The fraction of sp³-hybridized carbons (Fsp3) is 0.200. The van der Waals surface area contributed by atoms with Crippen molar-refractivity contribution in [3.63, 3.8) is 0 Å². The zero-order valence-corrected chi connectivity index (χ0v) is 7.87. The van der Waals surface area contributed by atoms with E-state index in [4.69, 9.17) is 5.11 Å². The average Bonchev–Trinajstić information content (AvgIpc) is 2.17. The van der Waals surface area contributed by atoms with Crippen LogP contribution in [0.1, 0.15) is 16.8 Å². The maximum absolute atomic E-state index is 12.7. The van der Waals surface area contributed by atoms with Crippen LogP contribution in [0.2, 0.25) is 0 Å². The average molecular weight is 211 g/mol. The van der Waals surface area contributed by atoms with Gasteiger partial charge in [-0.05, 0) is 18.2 Å². The van der Waals surface area contributed by atoms with Crippen molar-refractivity contribution in [1.29, 1.82) is 0 Å². The predicted molar refractivity (Wildman–Crippen MR) is 51.0 cm³/mol. The summed E-state index contributed by atoms with van der Waals surface area (Å²) < 4.78 is 12.7. The van der Waals surface area contributed by atoms with Crippen molar-refractivity contribution in [2.45, 2.75) is 6.42 Å². The lowest BCUT2D eigenvalue weighted by Gasteiger charge is -2.02. The van der Waals surface area contributed by atoms with Gasteiger partial charge in [-0.25, -0.2) is 4.39 Å². The molecule has 0 radical (unpaired) electrons. The number of halogens is 1. The van der Waals surface area contributed by atoms with Crippen LogP contribution in [0.4, 0.5) is 4.39 Å². The third-order valence-corrected chi connectivity index (χ3v) is 1.71. The van der Waals surface area contributed by atoms with E-state index < -0.39 is 17.7 Å². The molecule has 0 saturated carbocycles. The van der Waals surface area contributed by atoms with Crippen molar-refractivity contribution < 1.29 is 19.1 Å². The van der Waals surface area contributed by atoms with E-state index in [0.29, 0.717) is 0 Å². The number of rotatable bonds is 4. The molecule has 0 aliphatic carbocycles. The fourth-order valence-electron chi connectivity index (χ4n) is 1.01. The number of hydrogen-bond donors (Lipinski definition) is 2. The molecule has 0 aliphatic heterocycles. The Morgan fingerprint density at radius 1 is 1.40 bits per heavy atom. The fourth-order valence-corrected chi connectivity index (χ4v) is 1.01. The van der Waals surface area contributed by atoms with Gasteiger partial charge in [0.15, 0.2) is 0 Å². The van der Waals surface area contributed by atoms with Gasteiger partial charge in [0.05, 0.1) is 6.42 Å². The Kier molecular flexibility index (Phi) is 3.79. The van der Waals surface area contributed by atoms with Crippen molar-refractivity contribution >= 4 is 11.9 Å². The summed E-state index contributed by atoms with van der Waals surface area (Å²) in [7, 11) is 0. The summed E-state index contributed by atoms with van der Waals surface area (Å²) in [6, 6.07) is 5.20. The number of carboxylic acids is 1. The van der Waals surface area contributed by atoms with E-state index >= 15 is 0 Å². The van der Waals surface area contributed by atoms with Crippen LogP contribution in [0.15, 0.2) is 24.3 Å². The monoisotopic (exact) mass is 211 g/mol. The van der Waals surface area contributed by atoms with E-state index in [1.165, 1.54) is 18.2 Å².